The number of methoxy groups -OCH3 is 1. The molecule has 51 heavy (non-hydrogen) atoms. The van der Waals surface area contributed by atoms with E-state index < -0.39 is 41.1 Å². The van der Waals surface area contributed by atoms with Gasteiger partial charge in [0.1, 0.15) is 5.75 Å². The van der Waals surface area contributed by atoms with Crippen LogP contribution < -0.4 is 9.64 Å². The maximum absolute atomic E-state index is 17.9. The van der Waals surface area contributed by atoms with Crippen molar-refractivity contribution in [2.75, 3.05) is 51.3 Å². The van der Waals surface area contributed by atoms with Gasteiger partial charge in [-0.1, -0.05) is 55.8 Å². The summed E-state index contributed by atoms with van der Waals surface area (Å²) in [6.07, 6.45) is -1.49. The van der Waals surface area contributed by atoms with E-state index in [-0.39, 0.29) is 31.0 Å². The molecule has 7 rings (SSSR count). The Balaban J connectivity index is 1.20. The van der Waals surface area contributed by atoms with Crippen LogP contribution in [-0.4, -0.2) is 78.8 Å². The molecule has 1 aliphatic carbocycles. The van der Waals surface area contributed by atoms with Crippen molar-refractivity contribution in [1.82, 2.24) is 9.80 Å². The Kier molecular flexibility index (Phi) is 9.54. The third-order valence-electron chi connectivity index (χ3n) is 12.0. The first-order valence-corrected chi connectivity index (χ1v) is 18.0. The number of anilines is 1. The molecule has 5 atom stereocenters. The first-order chi connectivity index (χ1) is 24.4. The summed E-state index contributed by atoms with van der Waals surface area (Å²) in [6.45, 7) is 3.43. The normalized spacial score (nSPS) is 27.2. The number of nitrogens with zero attached hydrogens (tertiary/aromatic N) is 3. The number of hydrogen-bond acceptors (Lipinski definition) is 5. The highest BCUT2D eigenvalue weighted by atomic mass is 19.4. The minimum Gasteiger partial charge on any atom is -0.497 e. The van der Waals surface area contributed by atoms with Crippen molar-refractivity contribution >= 4 is 17.6 Å². The lowest BCUT2D eigenvalue weighted by Gasteiger charge is -2.35. The number of carbonyl (C=O) groups excluding carboxylic acids is 1. The molecule has 272 valence electrons. The summed E-state index contributed by atoms with van der Waals surface area (Å²) in [5.41, 5.74) is 1.26. The molecule has 3 saturated heterocycles. The van der Waals surface area contributed by atoms with Gasteiger partial charge in [0.25, 0.3) is 5.91 Å². The molecule has 3 aromatic rings. The Bertz CT molecular complexity index is 1760. The molecule has 0 radical (unpaired) electrons. The highest BCUT2D eigenvalue weighted by Gasteiger charge is 2.58. The second kappa shape index (κ2) is 13.8. The molecule has 0 aromatic heterocycles. The number of rotatable bonds is 8. The van der Waals surface area contributed by atoms with Crippen LogP contribution in [0.2, 0.25) is 0 Å². The minimum atomic E-state index is -4.56. The fourth-order valence-electron chi connectivity index (χ4n) is 9.16. The number of hydrogen-bond donors (Lipinski definition) is 1. The molecule has 0 bridgehead atoms. The fourth-order valence-corrected chi connectivity index (χ4v) is 9.16. The lowest BCUT2D eigenvalue weighted by molar-refractivity contribution is -0.143. The van der Waals surface area contributed by atoms with Gasteiger partial charge >= 0.3 is 12.1 Å². The Hall–Kier alpha value is -4.12. The van der Waals surface area contributed by atoms with E-state index in [2.05, 4.69) is 17.0 Å². The Morgan fingerprint density at radius 3 is 2.33 bits per heavy atom. The SMILES string of the molecule is CC[C@H]1CN(C(=O)[C@]2(F)CN(C3CCc4ccccc43)C[C@H]2c2ccc(OC)cc2)C[C@@H]1c1ccc(C(F)(F)F)cc1N1CCC(C(=O)O)CC1. The van der Waals surface area contributed by atoms with Crippen molar-refractivity contribution in [1.29, 1.82) is 0 Å². The third-order valence-corrected chi connectivity index (χ3v) is 12.0. The number of aryl methyl sites for hydroxylation is 1. The van der Waals surface area contributed by atoms with Gasteiger partial charge in [0.05, 0.1) is 18.6 Å². The van der Waals surface area contributed by atoms with Crippen LogP contribution in [0.3, 0.4) is 0 Å². The van der Waals surface area contributed by atoms with Crippen LogP contribution in [0.1, 0.15) is 78.3 Å². The van der Waals surface area contributed by atoms with Crippen molar-refractivity contribution in [3.63, 3.8) is 0 Å². The number of carboxylic acid groups (broad SMARTS) is 1. The van der Waals surface area contributed by atoms with Crippen LogP contribution in [0.4, 0.5) is 23.2 Å². The highest BCUT2D eigenvalue weighted by Crippen LogP contribution is 2.49. The average molecular weight is 708 g/mol. The molecule has 3 fully saturated rings. The maximum atomic E-state index is 17.9. The minimum absolute atomic E-state index is 0.00191. The Morgan fingerprint density at radius 1 is 0.941 bits per heavy atom. The second-order valence-corrected chi connectivity index (χ2v) is 14.7. The Labute approximate surface area is 296 Å². The quantitative estimate of drug-likeness (QED) is 0.245. The molecule has 11 heteroatoms. The van der Waals surface area contributed by atoms with Crippen LogP contribution in [0.25, 0.3) is 0 Å². The number of aliphatic carboxylic acids is 1. The van der Waals surface area contributed by atoms with Gasteiger partial charge in [-0.15, -0.1) is 0 Å². The van der Waals surface area contributed by atoms with E-state index in [1.807, 2.05) is 36.1 Å². The lowest BCUT2D eigenvalue weighted by Crippen LogP contribution is -2.50. The summed E-state index contributed by atoms with van der Waals surface area (Å²) >= 11 is 0. The molecule has 1 amide bonds. The number of benzene rings is 3. The first kappa shape index (κ1) is 35.3. The largest absolute Gasteiger partial charge is 0.497 e. The maximum Gasteiger partial charge on any atom is 0.416 e. The first-order valence-electron chi connectivity index (χ1n) is 18.0. The van der Waals surface area contributed by atoms with Gasteiger partial charge in [0.15, 0.2) is 0 Å². The van der Waals surface area contributed by atoms with Crippen molar-refractivity contribution in [3.8, 4) is 5.75 Å². The van der Waals surface area contributed by atoms with E-state index in [1.54, 1.807) is 24.1 Å². The monoisotopic (exact) mass is 707 g/mol. The van der Waals surface area contributed by atoms with Gasteiger partial charge < -0.3 is 19.6 Å². The predicted molar refractivity (Wildman–Crippen MR) is 186 cm³/mol. The van der Waals surface area contributed by atoms with Crippen LogP contribution >= 0.6 is 0 Å². The Morgan fingerprint density at radius 2 is 1.67 bits per heavy atom. The van der Waals surface area contributed by atoms with E-state index in [9.17, 15) is 27.9 Å². The molecule has 3 heterocycles. The van der Waals surface area contributed by atoms with E-state index in [0.29, 0.717) is 62.4 Å². The number of alkyl halides is 4. The lowest BCUT2D eigenvalue weighted by atomic mass is 9.84. The van der Waals surface area contributed by atoms with Gasteiger partial charge in [-0.25, -0.2) is 4.39 Å². The molecule has 3 aliphatic heterocycles. The molecule has 0 spiro atoms. The summed E-state index contributed by atoms with van der Waals surface area (Å²) in [4.78, 5) is 31.9. The molecule has 4 aliphatic rings. The van der Waals surface area contributed by atoms with Gasteiger partial charge in [-0.3, -0.25) is 14.5 Å². The zero-order chi connectivity index (χ0) is 36.1. The number of piperidine rings is 1. The number of carbonyl (C=O) groups is 2. The van der Waals surface area contributed by atoms with E-state index in [4.69, 9.17) is 4.74 Å². The number of carboxylic acids is 1. The van der Waals surface area contributed by atoms with Gasteiger partial charge in [-0.05, 0) is 78.1 Å². The van der Waals surface area contributed by atoms with Crippen molar-refractivity contribution in [3.05, 3.63) is 94.5 Å². The number of amides is 1. The van der Waals surface area contributed by atoms with E-state index in [0.717, 1.165) is 30.5 Å². The highest BCUT2D eigenvalue weighted by molar-refractivity contribution is 5.88. The van der Waals surface area contributed by atoms with Gasteiger partial charge in [-0.2, -0.15) is 13.2 Å². The van der Waals surface area contributed by atoms with Gasteiger partial charge in [0, 0.05) is 62.8 Å². The smallest absolute Gasteiger partial charge is 0.416 e. The molecule has 3 aromatic carbocycles. The van der Waals surface area contributed by atoms with E-state index >= 15 is 4.39 Å². The topological polar surface area (TPSA) is 73.3 Å². The molecule has 0 saturated carbocycles. The van der Waals surface area contributed by atoms with Crippen LogP contribution in [-0.2, 0) is 22.2 Å². The van der Waals surface area contributed by atoms with Crippen LogP contribution in [0, 0.1) is 11.8 Å². The molecular weight excluding hydrogens is 662 g/mol. The number of halogens is 4. The van der Waals surface area contributed by atoms with Crippen LogP contribution in [0.5, 0.6) is 5.75 Å². The number of ether oxygens (including phenoxy) is 1. The molecule has 1 unspecified atom stereocenters. The zero-order valence-corrected chi connectivity index (χ0v) is 29.0. The molecular formula is C40H45F4N3O4. The standard InChI is InChI=1S/C40H45F4N3O4/c1-3-25-21-46(22-33(25)32-14-11-29(40(42,43)44)20-36(32)45-18-16-28(17-19-45)37(48)49)38(50)39(41)24-47(35-15-10-26-6-4-5-7-31(26)35)23-34(39)27-8-12-30(51-2)13-9-27/h4-9,11-14,20,25,28,33-35H,3,10,15-19,21-24H2,1-2H3,(H,48,49)/t25-,33-,34-,35?,39-/m0/s1. The summed E-state index contributed by atoms with van der Waals surface area (Å²) in [5, 5.41) is 9.52. The predicted octanol–water partition coefficient (Wildman–Crippen LogP) is 7.46. The third kappa shape index (κ3) is 6.58. The molecule has 1 N–H and O–H groups in total. The summed E-state index contributed by atoms with van der Waals surface area (Å²) in [5.74, 6) is -2.50. The average Bonchev–Trinajstić information content (AvgIpc) is 3.86. The van der Waals surface area contributed by atoms with E-state index in [1.165, 1.54) is 17.2 Å². The number of likely N-dealkylation sites (tertiary alicyclic amines) is 2. The number of fused-ring (bicyclic) bond motifs is 1. The van der Waals surface area contributed by atoms with Crippen LogP contribution in [0.15, 0.2) is 66.7 Å². The van der Waals surface area contributed by atoms with Gasteiger partial charge in [0.2, 0.25) is 5.67 Å². The van der Waals surface area contributed by atoms with Crippen molar-refractivity contribution in [2.45, 2.75) is 68.8 Å². The van der Waals surface area contributed by atoms with Crippen molar-refractivity contribution < 1.29 is 37.0 Å². The summed E-state index contributed by atoms with van der Waals surface area (Å²) < 4.78 is 65.2. The zero-order valence-electron chi connectivity index (χ0n) is 29.0. The molecule has 7 nitrogen and oxygen atoms in total. The fraction of sp³-hybridized carbons (Fsp3) is 0.500. The summed E-state index contributed by atoms with van der Waals surface area (Å²) in [6, 6.07) is 19.2. The second-order valence-electron chi connectivity index (χ2n) is 14.7. The summed E-state index contributed by atoms with van der Waals surface area (Å²) in [7, 11) is 1.57. The van der Waals surface area contributed by atoms with Crippen molar-refractivity contribution in [2.24, 2.45) is 11.8 Å².